The van der Waals surface area contributed by atoms with Crippen LogP contribution in [0.3, 0.4) is 0 Å². The van der Waals surface area contributed by atoms with Gasteiger partial charge in [0.15, 0.2) is 5.82 Å². The Morgan fingerprint density at radius 3 is 2.75 bits per heavy atom. The molecule has 12 heavy (non-hydrogen) atoms. The molecular weight excluding hydrogens is 156 g/mol. The van der Waals surface area contributed by atoms with Gasteiger partial charge in [-0.15, -0.1) is 5.10 Å². The summed E-state index contributed by atoms with van der Waals surface area (Å²) in [6.07, 6.45) is 4.15. The van der Waals surface area contributed by atoms with Crippen molar-refractivity contribution >= 4 is 0 Å². The molecule has 0 saturated heterocycles. The molecule has 0 aliphatic rings. The summed E-state index contributed by atoms with van der Waals surface area (Å²) in [5.41, 5.74) is -0.491. The number of aromatic amines is 1. The molecule has 0 atom stereocenters. The maximum absolute atomic E-state index is 10.5. The number of nitrogens with one attached hydrogen (secondary N) is 1. The zero-order valence-corrected chi connectivity index (χ0v) is 7.08. The van der Waals surface area contributed by atoms with Gasteiger partial charge in [-0.25, -0.2) is 9.89 Å². The molecule has 0 spiro atoms. The standard InChI is InChI=1S/C7H12N4O/c1-2-3-4-5-6-8-10-7(12)11-9-6/h2-5H2,1H3,(H,10,11,12). The molecule has 0 aliphatic heterocycles. The van der Waals surface area contributed by atoms with E-state index in [-0.39, 0.29) is 0 Å². The lowest BCUT2D eigenvalue weighted by molar-refractivity contribution is 0.653. The van der Waals surface area contributed by atoms with Gasteiger partial charge in [-0.1, -0.05) is 24.9 Å². The van der Waals surface area contributed by atoms with Crippen LogP contribution in [0.4, 0.5) is 0 Å². The molecule has 1 N–H and O–H groups in total. The summed E-state index contributed by atoms with van der Waals surface area (Å²) >= 11 is 0. The molecule has 1 aromatic heterocycles. The number of H-pyrrole nitrogens is 1. The highest BCUT2D eigenvalue weighted by Gasteiger charge is 1.96. The van der Waals surface area contributed by atoms with Crippen LogP contribution < -0.4 is 5.69 Å². The first-order valence-electron chi connectivity index (χ1n) is 4.11. The van der Waals surface area contributed by atoms with Crippen LogP contribution in [0.1, 0.15) is 32.0 Å². The number of nitrogens with zero attached hydrogens (tertiary/aromatic N) is 3. The molecule has 1 heterocycles. The third-order valence-electron chi connectivity index (χ3n) is 1.54. The molecule has 0 aliphatic carbocycles. The van der Waals surface area contributed by atoms with Crippen molar-refractivity contribution in [2.24, 2.45) is 0 Å². The molecule has 0 unspecified atom stereocenters. The number of aryl methyl sites for hydroxylation is 1. The summed E-state index contributed by atoms with van der Waals surface area (Å²) in [4.78, 5) is 10.5. The van der Waals surface area contributed by atoms with Gasteiger partial charge in [0.2, 0.25) is 0 Å². The minimum absolute atomic E-state index is 0.491. The summed E-state index contributed by atoms with van der Waals surface area (Å²) in [5, 5.41) is 13.0. The van der Waals surface area contributed by atoms with E-state index in [2.05, 4.69) is 27.3 Å². The van der Waals surface area contributed by atoms with Gasteiger partial charge in [-0.3, -0.25) is 0 Å². The van der Waals surface area contributed by atoms with Crippen molar-refractivity contribution in [1.82, 2.24) is 20.4 Å². The highest BCUT2D eigenvalue weighted by atomic mass is 16.1. The molecule has 0 bridgehead atoms. The van der Waals surface area contributed by atoms with Crippen molar-refractivity contribution in [3.8, 4) is 0 Å². The summed E-state index contributed by atoms with van der Waals surface area (Å²) in [6.45, 7) is 2.13. The Morgan fingerprint density at radius 1 is 1.33 bits per heavy atom. The lowest BCUT2D eigenvalue weighted by atomic mass is 10.2. The Hall–Kier alpha value is -1.26. The van der Waals surface area contributed by atoms with E-state index in [1.54, 1.807) is 0 Å². The maximum Gasteiger partial charge on any atom is 0.380 e. The molecule has 1 aromatic rings. The van der Waals surface area contributed by atoms with Gasteiger partial charge in [0, 0.05) is 6.42 Å². The minimum atomic E-state index is -0.491. The van der Waals surface area contributed by atoms with E-state index >= 15 is 0 Å². The Kier molecular flexibility index (Phi) is 3.37. The second-order valence-electron chi connectivity index (χ2n) is 2.60. The fourth-order valence-electron chi connectivity index (χ4n) is 0.899. The van der Waals surface area contributed by atoms with Gasteiger partial charge in [-0.05, 0) is 6.42 Å². The Labute approximate surface area is 70.2 Å². The zero-order valence-electron chi connectivity index (χ0n) is 7.08. The van der Waals surface area contributed by atoms with Crippen LogP contribution in [0.15, 0.2) is 4.79 Å². The molecule has 0 aromatic carbocycles. The fraction of sp³-hybridized carbons (Fsp3) is 0.714. The van der Waals surface area contributed by atoms with Crippen molar-refractivity contribution in [2.75, 3.05) is 0 Å². The number of hydrogen-bond donors (Lipinski definition) is 1. The van der Waals surface area contributed by atoms with Gasteiger partial charge >= 0.3 is 5.69 Å². The van der Waals surface area contributed by atoms with Crippen LogP contribution >= 0.6 is 0 Å². The third-order valence-corrected chi connectivity index (χ3v) is 1.54. The van der Waals surface area contributed by atoms with Gasteiger partial charge in [0.05, 0.1) is 0 Å². The lowest BCUT2D eigenvalue weighted by Gasteiger charge is -1.94. The van der Waals surface area contributed by atoms with Gasteiger partial charge in [0.25, 0.3) is 0 Å². The molecule has 0 fully saturated rings. The van der Waals surface area contributed by atoms with Crippen molar-refractivity contribution < 1.29 is 0 Å². The van der Waals surface area contributed by atoms with Gasteiger partial charge in [0.1, 0.15) is 0 Å². The van der Waals surface area contributed by atoms with Crippen LogP contribution in [0.5, 0.6) is 0 Å². The molecule has 66 valence electrons. The first-order valence-corrected chi connectivity index (χ1v) is 4.11. The summed E-state index contributed by atoms with van der Waals surface area (Å²) in [5.74, 6) is 0.614. The van der Waals surface area contributed by atoms with E-state index in [1.165, 1.54) is 0 Å². The van der Waals surface area contributed by atoms with Crippen LogP contribution in [-0.2, 0) is 6.42 Å². The molecular formula is C7H12N4O. The smallest absolute Gasteiger partial charge is 0.243 e. The third kappa shape index (κ3) is 2.77. The highest BCUT2D eigenvalue weighted by molar-refractivity contribution is 4.75. The summed E-state index contributed by atoms with van der Waals surface area (Å²) in [7, 11) is 0. The van der Waals surface area contributed by atoms with Crippen molar-refractivity contribution in [1.29, 1.82) is 0 Å². The monoisotopic (exact) mass is 168 g/mol. The number of aromatic nitrogens is 4. The largest absolute Gasteiger partial charge is 0.380 e. The van der Waals surface area contributed by atoms with Crippen LogP contribution in [0.2, 0.25) is 0 Å². The van der Waals surface area contributed by atoms with E-state index in [9.17, 15) is 4.79 Å². The molecule has 0 amide bonds. The highest BCUT2D eigenvalue weighted by Crippen LogP contribution is 1.98. The minimum Gasteiger partial charge on any atom is -0.243 e. The van der Waals surface area contributed by atoms with E-state index in [0.717, 1.165) is 25.7 Å². The molecule has 0 radical (unpaired) electrons. The van der Waals surface area contributed by atoms with E-state index in [1.807, 2.05) is 0 Å². The topological polar surface area (TPSA) is 71.5 Å². The van der Waals surface area contributed by atoms with Crippen molar-refractivity contribution in [3.63, 3.8) is 0 Å². The number of hydrogen-bond acceptors (Lipinski definition) is 4. The van der Waals surface area contributed by atoms with E-state index < -0.39 is 5.69 Å². The molecule has 0 saturated carbocycles. The van der Waals surface area contributed by atoms with Crippen LogP contribution in [0.25, 0.3) is 0 Å². The summed E-state index contributed by atoms with van der Waals surface area (Å²) < 4.78 is 0. The molecule has 5 heteroatoms. The SMILES string of the molecule is CCCCCc1nnc(=O)[nH]n1. The average molecular weight is 168 g/mol. The zero-order chi connectivity index (χ0) is 8.81. The average Bonchev–Trinajstić information content (AvgIpc) is 2.09. The van der Waals surface area contributed by atoms with Gasteiger partial charge < -0.3 is 0 Å². The number of rotatable bonds is 4. The van der Waals surface area contributed by atoms with Crippen LogP contribution in [0, 0.1) is 0 Å². The van der Waals surface area contributed by atoms with E-state index in [0.29, 0.717) is 5.82 Å². The predicted octanol–water partition coefficient (Wildman–Crippen LogP) is 0.293. The summed E-state index contributed by atoms with van der Waals surface area (Å²) in [6, 6.07) is 0. The second-order valence-corrected chi connectivity index (χ2v) is 2.60. The Balaban J connectivity index is 2.42. The van der Waals surface area contributed by atoms with E-state index in [4.69, 9.17) is 0 Å². The molecule has 5 nitrogen and oxygen atoms in total. The normalized spacial score (nSPS) is 10.1. The quantitative estimate of drug-likeness (QED) is 0.656. The van der Waals surface area contributed by atoms with Gasteiger partial charge in [-0.2, -0.15) is 5.10 Å². The molecule has 1 rings (SSSR count). The Morgan fingerprint density at radius 2 is 2.17 bits per heavy atom. The van der Waals surface area contributed by atoms with Crippen molar-refractivity contribution in [2.45, 2.75) is 32.6 Å². The first kappa shape index (κ1) is 8.83. The Bertz CT molecular complexity index is 262. The van der Waals surface area contributed by atoms with Crippen LogP contribution in [-0.4, -0.2) is 20.4 Å². The first-order chi connectivity index (χ1) is 5.83. The predicted molar refractivity (Wildman–Crippen MR) is 43.7 cm³/mol. The second kappa shape index (κ2) is 4.58. The maximum atomic E-state index is 10.5. The lowest BCUT2D eigenvalue weighted by Crippen LogP contribution is -2.16. The fourth-order valence-corrected chi connectivity index (χ4v) is 0.899. The number of unbranched alkanes of at least 4 members (excludes halogenated alkanes) is 2. The van der Waals surface area contributed by atoms with Crippen molar-refractivity contribution in [3.05, 3.63) is 16.3 Å².